The van der Waals surface area contributed by atoms with Gasteiger partial charge >= 0.3 is 6.01 Å². The maximum absolute atomic E-state index is 5.68. The van der Waals surface area contributed by atoms with Gasteiger partial charge in [-0.1, -0.05) is 6.92 Å². The van der Waals surface area contributed by atoms with Crippen LogP contribution in [-0.4, -0.2) is 27.1 Å². The van der Waals surface area contributed by atoms with Crippen LogP contribution in [0.25, 0.3) is 0 Å². The van der Waals surface area contributed by atoms with Gasteiger partial charge in [0.2, 0.25) is 11.9 Å². The van der Waals surface area contributed by atoms with E-state index in [-0.39, 0.29) is 18.1 Å². The first-order valence-electron chi connectivity index (χ1n) is 6.97. The fraction of sp³-hybridized carbons (Fsp3) is 0.769. The van der Waals surface area contributed by atoms with Gasteiger partial charge in [-0.15, -0.1) is 0 Å². The first kappa shape index (κ1) is 13.8. The molecular weight excluding hydrogens is 242 g/mol. The highest BCUT2D eigenvalue weighted by Crippen LogP contribution is 2.25. The molecule has 6 heteroatoms. The molecule has 19 heavy (non-hydrogen) atoms. The lowest BCUT2D eigenvalue weighted by Gasteiger charge is -2.26. The normalized spacial score (nSPS) is 23.4. The SMILES string of the molecule is CC1CCC(Nc2nc(N)nc(OC(C)C)n2)CC1. The first-order chi connectivity index (χ1) is 9.02. The number of rotatable bonds is 4. The van der Waals surface area contributed by atoms with Gasteiger partial charge in [0.15, 0.2) is 0 Å². The van der Waals surface area contributed by atoms with Gasteiger partial charge in [0, 0.05) is 6.04 Å². The van der Waals surface area contributed by atoms with E-state index >= 15 is 0 Å². The van der Waals surface area contributed by atoms with Crippen molar-refractivity contribution in [3.05, 3.63) is 0 Å². The van der Waals surface area contributed by atoms with Gasteiger partial charge in [-0.05, 0) is 45.4 Å². The summed E-state index contributed by atoms with van der Waals surface area (Å²) in [6, 6.07) is 0.707. The topological polar surface area (TPSA) is 86.0 Å². The minimum absolute atomic E-state index is 0.0187. The van der Waals surface area contributed by atoms with Crippen molar-refractivity contribution in [2.24, 2.45) is 5.92 Å². The highest BCUT2D eigenvalue weighted by atomic mass is 16.5. The van der Waals surface area contributed by atoms with Crippen LogP contribution in [0.5, 0.6) is 6.01 Å². The predicted molar refractivity (Wildman–Crippen MR) is 75.0 cm³/mol. The Morgan fingerprint density at radius 2 is 1.84 bits per heavy atom. The van der Waals surface area contributed by atoms with E-state index in [1.54, 1.807) is 0 Å². The fourth-order valence-corrected chi connectivity index (χ4v) is 2.29. The number of nitrogens with zero attached hydrogens (tertiary/aromatic N) is 3. The molecule has 1 aliphatic carbocycles. The monoisotopic (exact) mass is 265 g/mol. The van der Waals surface area contributed by atoms with E-state index in [0.29, 0.717) is 12.0 Å². The van der Waals surface area contributed by atoms with Crippen molar-refractivity contribution in [1.82, 2.24) is 15.0 Å². The Kier molecular flexibility index (Phi) is 4.39. The summed E-state index contributed by atoms with van der Waals surface area (Å²) in [5, 5.41) is 3.33. The summed E-state index contributed by atoms with van der Waals surface area (Å²) in [7, 11) is 0. The molecule has 1 aromatic heterocycles. The molecule has 1 fully saturated rings. The van der Waals surface area contributed by atoms with Gasteiger partial charge in [-0.2, -0.15) is 15.0 Å². The van der Waals surface area contributed by atoms with E-state index < -0.39 is 0 Å². The van der Waals surface area contributed by atoms with Gasteiger partial charge in [-0.3, -0.25) is 0 Å². The van der Waals surface area contributed by atoms with Crippen molar-refractivity contribution in [2.45, 2.75) is 58.6 Å². The molecule has 0 aromatic carbocycles. The van der Waals surface area contributed by atoms with Crippen LogP contribution in [0.1, 0.15) is 46.5 Å². The summed E-state index contributed by atoms with van der Waals surface area (Å²) >= 11 is 0. The van der Waals surface area contributed by atoms with Gasteiger partial charge in [0.05, 0.1) is 6.10 Å². The van der Waals surface area contributed by atoms with E-state index in [9.17, 15) is 0 Å². The number of hydrogen-bond acceptors (Lipinski definition) is 6. The van der Waals surface area contributed by atoms with Crippen molar-refractivity contribution in [3.63, 3.8) is 0 Å². The molecule has 0 unspecified atom stereocenters. The smallest absolute Gasteiger partial charge is 0.323 e. The van der Waals surface area contributed by atoms with Crippen LogP contribution in [0, 0.1) is 5.92 Å². The number of anilines is 2. The van der Waals surface area contributed by atoms with Crippen molar-refractivity contribution in [2.75, 3.05) is 11.1 Å². The van der Waals surface area contributed by atoms with Crippen LogP contribution in [-0.2, 0) is 0 Å². The second kappa shape index (κ2) is 6.04. The van der Waals surface area contributed by atoms with Crippen LogP contribution in [0.3, 0.4) is 0 Å². The van der Waals surface area contributed by atoms with Crippen LogP contribution < -0.4 is 15.8 Å². The van der Waals surface area contributed by atoms with Gasteiger partial charge in [-0.25, -0.2) is 0 Å². The second-order valence-corrected chi connectivity index (χ2v) is 5.57. The summed E-state index contributed by atoms with van der Waals surface area (Å²) in [6.07, 6.45) is 4.80. The Balaban J connectivity index is 2.01. The molecule has 2 rings (SSSR count). The first-order valence-corrected chi connectivity index (χ1v) is 6.97. The van der Waals surface area contributed by atoms with Crippen molar-refractivity contribution >= 4 is 11.9 Å². The summed E-state index contributed by atoms with van der Waals surface area (Å²) in [6.45, 7) is 6.15. The fourth-order valence-electron chi connectivity index (χ4n) is 2.29. The standard InChI is InChI=1S/C13H23N5O/c1-8(2)19-13-17-11(14)16-12(18-13)15-10-6-4-9(3)5-7-10/h8-10H,4-7H2,1-3H3,(H3,14,15,16,17,18). The van der Waals surface area contributed by atoms with Gasteiger partial charge in [0.1, 0.15) is 0 Å². The predicted octanol–water partition coefficient (Wildman–Crippen LogP) is 2.23. The Bertz CT molecular complexity index is 415. The number of hydrogen-bond donors (Lipinski definition) is 2. The molecule has 0 amide bonds. The van der Waals surface area contributed by atoms with E-state index in [1.807, 2.05) is 13.8 Å². The molecule has 106 valence electrons. The van der Waals surface area contributed by atoms with Crippen LogP contribution >= 0.6 is 0 Å². The third-order valence-electron chi connectivity index (χ3n) is 3.32. The van der Waals surface area contributed by atoms with E-state index in [0.717, 1.165) is 18.8 Å². The van der Waals surface area contributed by atoms with E-state index in [1.165, 1.54) is 12.8 Å². The Labute approximate surface area is 114 Å². The van der Waals surface area contributed by atoms with Crippen molar-refractivity contribution in [3.8, 4) is 6.01 Å². The molecule has 3 N–H and O–H groups in total. The second-order valence-electron chi connectivity index (χ2n) is 5.57. The summed E-state index contributed by atoms with van der Waals surface area (Å²) in [4.78, 5) is 12.3. The number of nitrogen functional groups attached to an aromatic ring is 1. The van der Waals surface area contributed by atoms with Crippen molar-refractivity contribution < 1.29 is 4.74 Å². The Morgan fingerprint density at radius 1 is 1.16 bits per heavy atom. The molecule has 0 radical (unpaired) electrons. The molecule has 1 heterocycles. The largest absolute Gasteiger partial charge is 0.461 e. The Hall–Kier alpha value is -1.59. The highest BCUT2D eigenvalue weighted by Gasteiger charge is 2.19. The number of nitrogens with two attached hydrogens (primary N) is 1. The zero-order valence-corrected chi connectivity index (χ0v) is 11.9. The van der Waals surface area contributed by atoms with Crippen LogP contribution in [0.15, 0.2) is 0 Å². The zero-order valence-electron chi connectivity index (χ0n) is 11.9. The minimum atomic E-state index is 0.0187. The molecular formula is C13H23N5O. The molecule has 1 aliphatic rings. The molecule has 0 atom stereocenters. The average Bonchev–Trinajstić information content (AvgIpc) is 2.30. The summed E-state index contributed by atoms with van der Waals surface area (Å²) in [5.41, 5.74) is 5.68. The van der Waals surface area contributed by atoms with Crippen LogP contribution in [0.2, 0.25) is 0 Å². The summed E-state index contributed by atoms with van der Waals surface area (Å²) in [5.74, 6) is 1.53. The van der Waals surface area contributed by atoms with Gasteiger partial charge < -0.3 is 15.8 Å². The Morgan fingerprint density at radius 3 is 2.47 bits per heavy atom. The average molecular weight is 265 g/mol. The third kappa shape index (κ3) is 4.22. The third-order valence-corrected chi connectivity index (χ3v) is 3.32. The molecule has 0 aliphatic heterocycles. The van der Waals surface area contributed by atoms with Crippen LogP contribution in [0.4, 0.5) is 11.9 Å². The zero-order chi connectivity index (χ0) is 13.8. The molecule has 1 aromatic rings. The van der Waals surface area contributed by atoms with Crippen molar-refractivity contribution in [1.29, 1.82) is 0 Å². The molecule has 0 spiro atoms. The number of ether oxygens (including phenoxy) is 1. The molecule has 6 nitrogen and oxygen atoms in total. The number of aromatic nitrogens is 3. The lowest BCUT2D eigenvalue weighted by atomic mass is 9.87. The molecule has 0 saturated heterocycles. The highest BCUT2D eigenvalue weighted by molar-refractivity contribution is 5.33. The van der Waals surface area contributed by atoms with E-state index in [2.05, 4.69) is 27.2 Å². The lowest BCUT2D eigenvalue weighted by Crippen LogP contribution is -2.26. The minimum Gasteiger partial charge on any atom is -0.461 e. The lowest BCUT2D eigenvalue weighted by molar-refractivity contribution is 0.222. The summed E-state index contributed by atoms with van der Waals surface area (Å²) < 4.78 is 5.46. The molecule has 0 bridgehead atoms. The number of nitrogens with one attached hydrogen (secondary N) is 1. The van der Waals surface area contributed by atoms with E-state index in [4.69, 9.17) is 10.5 Å². The van der Waals surface area contributed by atoms with Gasteiger partial charge in [0.25, 0.3) is 0 Å². The quantitative estimate of drug-likeness (QED) is 0.868. The maximum Gasteiger partial charge on any atom is 0.323 e. The molecule has 1 saturated carbocycles. The maximum atomic E-state index is 5.68.